The number of aryl methyl sites for hydroxylation is 1. The van der Waals surface area contributed by atoms with Crippen molar-refractivity contribution in [2.45, 2.75) is 38.6 Å². The molecule has 1 saturated heterocycles. The Labute approximate surface area is 176 Å². The summed E-state index contributed by atoms with van der Waals surface area (Å²) in [5.41, 5.74) is 2.28. The highest BCUT2D eigenvalue weighted by atomic mass is 35.5. The predicted octanol–water partition coefficient (Wildman–Crippen LogP) is 4.03. The Morgan fingerprint density at radius 1 is 1.00 bits per heavy atom. The van der Waals surface area contributed by atoms with Crippen LogP contribution in [0.5, 0.6) is 0 Å². The average molecular weight is 413 g/mol. The SMILES string of the molecule is Cc1ccc(C(=O)CCC(=O)N2CCC(NC(=O)c3cccc(Cl)c3)CC2)cc1. The van der Waals surface area contributed by atoms with E-state index < -0.39 is 0 Å². The highest BCUT2D eigenvalue weighted by Crippen LogP contribution is 2.16. The van der Waals surface area contributed by atoms with E-state index in [1.807, 2.05) is 19.1 Å². The quantitative estimate of drug-likeness (QED) is 0.728. The lowest BCUT2D eigenvalue weighted by atomic mass is 10.0. The molecule has 2 aromatic rings. The topological polar surface area (TPSA) is 66.5 Å². The minimum atomic E-state index is -0.152. The Hall–Kier alpha value is -2.66. The molecule has 29 heavy (non-hydrogen) atoms. The van der Waals surface area contributed by atoms with E-state index in [-0.39, 0.29) is 36.5 Å². The Bertz CT molecular complexity index is 887. The number of carbonyl (C=O) groups excluding carboxylic acids is 3. The van der Waals surface area contributed by atoms with Gasteiger partial charge in [0.1, 0.15) is 0 Å². The minimum Gasteiger partial charge on any atom is -0.349 e. The number of hydrogen-bond donors (Lipinski definition) is 1. The van der Waals surface area contributed by atoms with Gasteiger partial charge in [0.25, 0.3) is 5.91 Å². The van der Waals surface area contributed by atoms with Gasteiger partial charge in [0.05, 0.1) is 0 Å². The van der Waals surface area contributed by atoms with Crippen molar-refractivity contribution in [3.05, 3.63) is 70.2 Å². The number of Topliss-reactive ketones (excluding diaryl/α,β-unsaturated/α-hetero) is 1. The van der Waals surface area contributed by atoms with Gasteiger partial charge in [-0.05, 0) is 38.0 Å². The maximum atomic E-state index is 12.4. The molecule has 0 aliphatic carbocycles. The van der Waals surface area contributed by atoms with E-state index in [9.17, 15) is 14.4 Å². The van der Waals surface area contributed by atoms with Gasteiger partial charge in [-0.15, -0.1) is 0 Å². The fourth-order valence-corrected chi connectivity index (χ4v) is 3.62. The molecule has 0 radical (unpaired) electrons. The van der Waals surface area contributed by atoms with Crippen LogP contribution in [0.25, 0.3) is 0 Å². The number of likely N-dealkylation sites (tertiary alicyclic amines) is 1. The van der Waals surface area contributed by atoms with E-state index >= 15 is 0 Å². The summed E-state index contributed by atoms with van der Waals surface area (Å²) in [7, 11) is 0. The fraction of sp³-hybridized carbons (Fsp3) is 0.348. The maximum absolute atomic E-state index is 12.4. The standard InChI is InChI=1S/C23H25ClN2O3/c1-16-5-7-17(8-6-16)21(27)9-10-22(28)26-13-11-20(12-14-26)25-23(29)18-3-2-4-19(24)15-18/h2-8,15,20H,9-14H2,1H3,(H,25,29). The predicted molar refractivity (Wildman–Crippen MR) is 113 cm³/mol. The molecule has 2 aromatic carbocycles. The Balaban J connectivity index is 1.42. The van der Waals surface area contributed by atoms with Crippen LogP contribution in [0.1, 0.15) is 52.0 Å². The summed E-state index contributed by atoms with van der Waals surface area (Å²) in [6.07, 6.45) is 1.83. The van der Waals surface area contributed by atoms with Crippen LogP contribution in [-0.4, -0.2) is 41.6 Å². The first kappa shape index (κ1) is 21.1. The highest BCUT2D eigenvalue weighted by molar-refractivity contribution is 6.30. The van der Waals surface area contributed by atoms with E-state index in [1.165, 1.54) is 0 Å². The summed E-state index contributed by atoms with van der Waals surface area (Å²) < 4.78 is 0. The van der Waals surface area contributed by atoms with E-state index in [0.717, 1.165) is 5.56 Å². The maximum Gasteiger partial charge on any atom is 0.251 e. The Kier molecular flexibility index (Phi) is 7.04. The Morgan fingerprint density at radius 3 is 2.34 bits per heavy atom. The number of piperidine rings is 1. The lowest BCUT2D eigenvalue weighted by Crippen LogP contribution is -2.46. The molecule has 0 unspecified atom stereocenters. The van der Waals surface area contributed by atoms with E-state index in [0.29, 0.717) is 42.1 Å². The molecule has 3 rings (SSSR count). The number of carbonyl (C=O) groups is 3. The van der Waals surface area contributed by atoms with Gasteiger partial charge in [0.2, 0.25) is 5.91 Å². The molecular weight excluding hydrogens is 388 g/mol. The molecule has 1 aliphatic heterocycles. The van der Waals surface area contributed by atoms with Crippen molar-refractivity contribution in [1.29, 1.82) is 0 Å². The zero-order valence-electron chi connectivity index (χ0n) is 16.5. The normalized spacial score (nSPS) is 14.5. The van der Waals surface area contributed by atoms with Gasteiger partial charge in [-0.1, -0.05) is 47.5 Å². The van der Waals surface area contributed by atoms with Gasteiger partial charge >= 0.3 is 0 Å². The first-order valence-corrected chi connectivity index (χ1v) is 10.2. The summed E-state index contributed by atoms with van der Waals surface area (Å²) >= 11 is 5.94. The zero-order chi connectivity index (χ0) is 20.8. The fourth-order valence-electron chi connectivity index (χ4n) is 3.43. The third-order valence-corrected chi connectivity index (χ3v) is 5.44. The molecule has 1 aliphatic rings. The van der Waals surface area contributed by atoms with Crippen molar-refractivity contribution in [2.75, 3.05) is 13.1 Å². The summed E-state index contributed by atoms with van der Waals surface area (Å²) in [5.74, 6) is -0.173. The van der Waals surface area contributed by atoms with Crippen LogP contribution < -0.4 is 5.32 Å². The number of benzene rings is 2. The number of rotatable bonds is 6. The van der Waals surface area contributed by atoms with Crippen molar-refractivity contribution < 1.29 is 14.4 Å². The highest BCUT2D eigenvalue weighted by Gasteiger charge is 2.24. The van der Waals surface area contributed by atoms with E-state index in [1.54, 1.807) is 41.3 Å². The molecular formula is C23H25ClN2O3. The molecule has 2 amide bonds. The second-order valence-electron chi connectivity index (χ2n) is 7.43. The van der Waals surface area contributed by atoms with Crippen LogP contribution in [0, 0.1) is 6.92 Å². The zero-order valence-corrected chi connectivity index (χ0v) is 17.2. The van der Waals surface area contributed by atoms with Gasteiger partial charge in [-0.2, -0.15) is 0 Å². The molecule has 5 nitrogen and oxygen atoms in total. The summed E-state index contributed by atoms with van der Waals surface area (Å²) in [5, 5.41) is 3.53. The van der Waals surface area contributed by atoms with Crippen molar-refractivity contribution in [2.24, 2.45) is 0 Å². The molecule has 6 heteroatoms. The molecule has 0 saturated carbocycles. The number of nitrogens with zero attached hydrogens (tertiary/aromatic N) is 1. The van der Waals surface area contributed by atoms with Crippen LogP contribution in [0.4, 0.5) is 0 Å². The molecule has 0 bridgehead atoms. The molecule has 1 heterocycles. The third kappa shape index (κ3) is 5.91. The summed E-state index contributed by atoms with van der Waals surface area (Å²) in [6, 6.07) is 14.3. The van der Waals surface area contributed by atoms with Gasteiger partial charge in [0, 0.05) is 48.1 Å². The minimum absolute atomic E-state index is 0.00919. The third-order valence-electron chi connectivity index (χ3n) is 5.21. The van der Waals surface area contributed by atoms with Gasteiger partial charge in [-0.3, -0.25) is 14.4 Å². The molecule has 152 valence electrons. The molecule has 1 fully saturated rings. The van der Waals surface area contributed by atoms with Crippen LogP contribution in [0.3, 0.4) is 0 Å². The molecule has 0 aromatic heterocycles. The smallest absolute Gasteiger partial charge is 0.251 e. The van der Waals surface area contributed by atoms with Crippen LogP contribution in [-0.2, 0) is 4.79 Å². The number of halogens is 1. The number of nitrogens with one attached hydrogen (secondary N) is 1. The number of ketones is 1. The monoisotopic (exact) mass is 412 g/mol. The van der Waals surface area contributed by atoms with Crippen LogP contribution in [0.15, 0.2) is 48.5 Å². The van der Waals surface area contributed by atoms with Crippen LogP contribution in [0.2, 0.25) is 5.02 Å². The van der Waals surface area contributed by atoms with Crippen molar-refractivity contribution in [1.82, 2.24) is 10.2 Å². The second-order valence-corrected chi connectivity index (χ2v) is 7.86. The molecule has 0 spiro atoms. The molecule has 0 atom stereocenters. The molecule has 1 N–H and O–H groups in total. The number of hydrogen-bond acceptors (Lipinski definition) is 3. The van der Waals surface area contributed by atoms with Crippen molar-refractivity contribution in [3.8, 4) is 0 Å². The van der Waals surface area contributed by atoms with Crippen molar-refractivity contribution >= 4 is 29.2 Å². The van der Waals surface area contributed by atoms with E-state index in [2.05, 4.69) is 5.32 Å². The van der Waals surface area contributed by atoms with Gasteiger partial charge < -0.3 is 10.2 Å². The first-order chi connectivity index (χ1) is 13.9. The van der Waals surface area contributed by atoms with Crippen molar-refractivity contribution in [3.63, 3.8) is 0 Å². The van der Waals surface area contributed by atoms with Gasteiger partial charge in [0.15, 0.2) is 5.78 Å². The lowest BCUT2D eigenvalue weighted by molar-refractivity contribution is -0.132. The first-order valence-electron chi connectivity index (χ1n) is 9.86. The lowest BCUT2D eigenvalue weighted by Gasteiger charge is -2.32. The number of amides is 2. The van der Waals surface area contributed by atoms with Crippen LogP contribution >= 0.6 is 11.6 Å². The Morgan fingerprint density at radius 2 is 1.69 bits per heavy atom. The average Bonchev–Trinajstić information content (AvgIpc) is 2.73. The van der Waals surface area contributed by atoms with Gasteiger partial charge in [-0.25, -0.2) is 0 Å². The summed E-state index contributed by atoms with van der Waals surface area (Å²) in [4.78, 5) is 38.8. The summed E-state index contributed by atoms with van der Waals surface area (Å²) in [6.45, 7) is 3.13. The second kappa shape index (κ2) is 9.70. The van der Waals surface area contributed by atoms with E-state index in [4.69, 9.17) is 11.6 Å². The largest absolute Gasteiger partial charge is 0.349 e.